The third-order valence-corrected chi connectivity index (χ3v) is 8.37. The second kappa shape index (κ2) is 10.9. The van der Waals surface area contributed by atoms with Crippen LogP contribution in [0.2, 0.25) is 0 Å². The predicted molar refractivity (Wildman–Crippen MR) is 132 cm³/mol. The Morgan fingerprint density at radius 2 is 1.58 bits per heavy atom. The van der Waals surface area contributed by atoms with Gasteiger partial charge in [0.15, 0.2) is 0 Å². The third kappa shape index (κ3) is 6.64. The molecule has 1 amide bonds. The maximum atomic E-state index is 12.5. The van der Waals surface area contributed by atoms with Crippen molar-refractivity contribution in [2.75, 3.05) is 44.0 Å². The van der Waals surface area contributed by atoms with Crippen molar-refractivity contribution in [2.24, 2.45) is 0 Å². The van der Waals surface area contributed by atoms with Crippen LogP contribution >= 0.6 is 11.3 Å². The molecule has 4 rings (SSSR count). The number of amides is 1. The van der Waals surface area contributed by atoms with Crippen LogP contribution in [-0.2, 0) is 16.6 Å². The summed E-state index contributed by atoms with van der Waals surface area (Å²) in [5, 5.41) is 4.67. The van der Waals surface area contributed by atoms with Crippen molar-refractivity contribution in [1.82, 2.24) is 15.1 Å². The SMILES string of the molecule is O=C(NCCN1CCN(Cc2ccccc2)CC1)c1ccc(NS(=O)(=O)c2cccs2)cc1. The molecule has 0 aliphatic carbocycles. The Morgan fingerprint density at radius 1 is 0.879 bits per heavy atom. The van der Waals surface area contributed by atoms with Gasteiger partial charge >= 0.3 is 0 Å². The number of sulfonamides is 1. The molecular weight excluding hydrogens is 456 g/mol. The average Bonchev–Trinajstić information content (AvgIpc) is 3.37. The molecule has 1 fully saturated rings. The maximum absolute atomic E-state index is 12.5. The van der Waals surface area contributed by atoms with Crippen LogP contribution in [0.1, 0.15) is 15.9 Å². The summed E-state index contributed by atoms with van der Waals surface area (Å²) in [6.45, 7) is 6.37. The first-order valence-electron chi connectivity index (χ1n) is 10.9. The highest BCUT2D eigenvalue weighted by atomic mass is 32.2. The number of piperazine rings is 1. The van der Waals surface area contributed by atoms with E-state index < -0.39 is 10.0 Å². The quantitative estimate of drug-likeness (QED) is 0.488. The van der Waals surface area contributed by atoms with E-state index in [1.807, 2.05) is 6.07 Å². The summed E-state index contributed by atoms with van der Waals surface area (Å²) in [7, 11) is -3.59. The van der Waals surface area contributed by atoms with Crippen molar-refractivity contribution in [1.29, 1.82) is 0 Å². The molecule has 174 valence electrons. The zero-order valence-corrected chi connectivity index (χ0v) is 19.9. The fraction of sp³-hybridized carbons (Fsp3) is 0.292. The average molecular weight is 485 g/mol. The Kier molecular flexibility index (Phi) is 7.77. The van der Waals surface area contributed by atoms with Crippen LogP contribution in [0.5, 0.6) is 0 Å². The van der Waals surface area contributed by atoms with Crippen LogP contribution in [0.25, 0.3) is 0 Å². The van der Waals surface area contributed by atoms with Crippen LogP contribution in [0.3, 0.4) is 0 Å². The van der Waals surface area contributed by atoms with Gasteiger partial charge in [-0.2, -0.15) is 0 Å². The Labute approximate surface area is 199 Å². The van der Waals surface area contributed by atoms with Gasteiger partial charge in [-0.3, -0.25) is 19.3 Å². The zero-order chi connectivity index (χ0) is 23.1. The summed E-state index contributed by atoms with van der Waals surface area (Å²) >= 11 is 1.16. The molecule has 1 saturated heterocycles. The highest BCUT2D eigenvalue weighted by Gasteiger charge is 2.17. The lowest BCUT2D eigenvalue weighted by Crippen LogP contribution is -2.48. The number of nitrogens with one attached hydrogen (secondary N) is 2. The van der Waals surface area contributed by atoms with Gasteiger partial charge in [-0.1, -0.05) is 36.4 Å². The summed E-state index contributed by atoms with van der Waals surface area (Å²) in [5.74, 6) is -0.162. The normalized spacial score (nSPS) is 15.3. The molecule has 1 aliphatic heterocycles. The molecule has 0 spiro atoms. The number of carbonyl (C=O) groups is 1. The molecule has 0 unspecified atom stereocenters. The van der Waals surface area contributed by atoms with E-state index in [2.05, 4.69) is 44.1 Å². The van der Waals surface area contributed by atoms with Crippen LogP contribution in [0, 0.1) is 0 Å². The lowest BCUT2D eigenvalue weighted by atomic mass is 10.2. The van der Waals surface area contributed by atoms with Gasteiger partial charge in [0.25, 0.3) is 15.9 Å². The minimum atomic E-state index is -3.59. The number of benzene rings is 2. The van der Waals surface area contributed by atoms with Gasteiger partial charge in [0.05, 0.1) is 0 Å². The van der Waals surface area contributed by atoms with Crippen molar-refractivity contribution < 1.29 is 13.2 Å². The van der Waals surface area contributed by atoms with Gasteiger partial charge in [0.1, 0.15) is 4.21 Å². The fourth-order valence-electron chi connectivity index (χ4n) is 3.75. The number of hydrogen-bond donors (Lipinski definition) is 2. The monoisotopic (exact) mass is 484 g/mol. The van der Waals surface area contributed by atoms with E-state index in [0.717, 1.165) is 50.6 Å². The molecule has 0 atom stereocenters. The minimum Gasteiger partial charge on any atom is -0.351 e. The molecule has 2 heterocycles. The highest BCUT2D eigenvalue weighted by Crippen LogP contribution is 2.20. The van der Waals surface area contributed by atoms with E-state index in [9.17, 15) is 13.2 Å². The first-order chi connectivity index (χ1) is 16.0. The number of carbonyl (C=O) groups excluding carboxylic acids is 1. The molecule has 0 radical (unpaired) electrons. The van der Waals surface area contributed by atoms with Crippen molar-refractivity contribution in [3.05, 3.63) is 83.2 Å². The van der Waals surface area contributed by atoms with E-state index in [0.29, 0.717) is 17.8 Å². The van der Waals surface area contributed by atoms with Crippen molar-refractivity contribution in [3.63, 3.8) is 0 Å². The largest absolute Gasteiger partial charge is 0.351 e. The van der Waals surface area contributed by atoms with Crippen LogP contribution in [0.15, 0.2) is 76.3 Å². The molecule has 1 aliphatic rings. The van der Waals surface area contributed by atoms with E-state index in [1.54, 1.807) is 41.8 Å². The summed E-state index contributed by atoms with van der Waals surface area (Å²) in [5.41, 5.74) is 2.26. The molecule has 3 aromatic rings. The third-order valence-electron chi connectivity index (χ3n) is 5.59. The summed E-state index contributed by atoms with van der Waals surface area (Å²) in [4.78, 5) is 17.3. The van der Waals surface area contributed by atoms with Crippen LogP contribution in [-0.4, -0.2) is 63.4 Å². The standard InChI is InChI=1S/C24H28N4O3S2/c29-24(21-8-10-22(11-9-21)26-33(30,31)23-7-4-18-32-23)25-12-13-27-14-16-28(17-15-27)19-20-5-2-1-3-6-20/h1-11,18,26H,12-17,19H2,(H,25,29). The summed E-state index contributed by atoms with van der Waals surface area (Å²) in [6, 6.07) is 20.2. The van der Waals surface area contributed by atoms with Crippen LogP contribution in [0.4, 0.5) is 5.69 Å². The second-order valence-corrected chi connectivity index (χ2v) is 10.8. The molecule has 33 heavy (non-hydrogen) atoms. The number of nitrogens with zero attached hydrogens (tertiary/aromatic N) is 2. The first-order valence-corrected chi connectivity index (χ1v) is 13.3. The Hall–Kier alpha value is -2.72. The molecule has 2 aromatic carbocycles. The zero-order valence-electron chi connectivity index (χ0n) is 18.3. The van der Waals surface area contributed by atoms with Gasteiger partial charge in [-0.25, -0.2) is 8.42 Å². The van der Waals surface area contributed by atoms with Gasteiger partial charge in [-0.05, 0) is 41.3 Å². The van der Waals surface area contributed by atoms with Crippen LogP contribution < -0.4 is 10.0 Å². The fourth-order valence-corrected chi connectivity index (χ4v) is 5.81. The molecule has 1 aromatic heterocycles. The Morgan fingerprint density at radius 3 is 2.24 bits per heavy atom. The molecule has 2 N–H and O–H groups in total. The van der Waals surface area contributed by atoms with Crippen molar-refractivity contribution in [3.8, 4) is 0 Å². The maximum Gasteiger partial charge on any atom is 0.271 e. The lowest BCUT2D eigenvalue weighted by Gasteiger charge is -2.34. The topological polar surface area (TPSA) is 81.8 Å². The smallest absolute Gasteiger partial charge is 0.271 e. The Bertz CT molecular complexity index is 1130. The van der Waals surface area contributed by atoms with E-state index in [-0.39, 0.29) is 10.1 Å². The number of thiophene rings is 1. The minimum absolute atomic E-state index is 0.162. The van der Waals surface area contributed by atoms with Gasteiger partial charge in [-0.15, -0.1) is 11.3 Å². The highest BCUT2D eigenvalue weighted by molar-refractivity contribution is 7.94. The van der Waals surface area contributed by atoms with Gasteiger partial charge in [0, 0.05) is 57.1 Å². The molecule has 0 saturated carbocycles. The molecular formula is C24H28N4O3S2. The lowest BCUT2D eigenvalue weighted by molar-refractivity contribution is 0.0934. The molecule has 7 nitrogen and oxygen atoms in total. The van der Waals surface area contributed by atoms with Crippen molar-refractivity contribution >= 4 is 33.0 Å². The van der Waals surface area contributed by atoms with Crippen molar-refractivity contribution in [2.45, 2.75) is 10.8 Å². The van der Waals surface area contributed by atoms with E-state index in [4.69, 9.17) is 0 Å². The molecule has 9 heteroatoms. The first kappa shape index (κ1) is 23.4. The van der Waals surface area contributed by atoms with Gasteiger partial charge < -0.3 is 5.32 Å². The second-order valence-electron chi connectivity index (χ2n) is 7.97. The number of anilines is 1. The summed E-state index contributed by atoms with van der Waals surface area (Å²) < 4.78 is 27.4. The Balaban J connectivity index is 1.18. The van der Waals surface area contributed by atoms with E-state index in [1.165, 1.54) is 5.56 Å². The number of hydrogen-bond acceptors (Lipinski definition) is 6. The number of rotatable bonds is 9. The van der Waals surface area contributed by atoms with Gasteiger partial charge in [0.2, 0.25) is 0 Å². The predicted octanol–water partition coefficient (Wildman–Crippen LogP) is 3.10. The molecule has 0 bridgehead atoms. The summed E-state index contributed by atoms with van der Waals surface area (Å²) in [6.07, 6.45) is 0. The van der Waals surface area contributed by atoms with E-state index >= 15 is 0 Å².